The van der Waals surface area contributed by atoms with Crippen LogP contribution in [0, 0.1) is 11.2 Å². The first-order chi connectivity index (χ1) is 11.2. The Balaban J connectivity index is 1.86. The first-order valence-corrected chi connectivity index (χ1v) is 7.30. The Labute approximate surface area is 133 Å². The zero-order chi connectivity index (χ0) is 16.2. The molecule has 2 aromatic rings. The van der Waals surface area contributed by atoms with Crippen LogP contribution in [-0.4, -0.2) is 18.7 Å². The number of hydrazine groups is 1. The molecule has 0 fully saturated rings. The zero-order valence-electron chi connectivity index (χ0n) is 12.4. The Morgan fingerprint density at radius 3 is 2.74 bits per heavy atom. The van der Waals surface area contributed by atoms with Crippen LogP contribution in [0.1, 0.15) is 27.0 Å². The van der Waals surface area contributed by atoms with Crippen molar-refractivity contribution in [2.75, 3.05) is 6.54 Å². The lowest BCUT2D eigenvalue weighted by Gasteiger charge is -2.10. The summed E-state index contributed by atoms with van der Waals surface area (Å²) in [5, 5.41) is 6.92. The van der Waals surface area contributed by atoms with E-state index in [9.17, 15) is 9.18 Å². The molecule has 0 aliphatic heterocycles. The SMILES string of the molecule is N=CCNNC(=O)c1ccc2c(c1)C(c1ccc(F)cc1)=CC2. The van der Waals surface area contributed by atoms with E-state index in [-0.39, 0.29) is 18.3 Å². The zero-order valence-corrected chi connectivity index (χ0v) is 12.4. The third-order valence-electron chi connectivity index (χ3n) is 3.75. The molecule has 0 spiro atoms. The van der Waals surface area contributed by atoms with E-state index < -0.39 is 0 Å². The Bertz CT molecular complexity index is 781. The molecule has 0 saturated heterocycles. The van der Waals surface area contributed by atoms with Gasteiger partial charge in [-0.3, -0.25) is 10.2 Å². The summed E-state index contributed by atoms with van der Waals surface area (Å²) >= 11 is 0. The van der Waals surface area contributed by atoms with E-state index in [0.717, 1.165) is 28.7 Å². The van der Waals surface area contributed by atoms with Crippen LogP contribution < -0.4 is 10.9 Å². The van der Waals surface area contributed by atoms with Gasteiger partial charge in [0, 0.05) is 18.3 Å². The number of carbonyl (C=O) groups excluding carboxylic acids is 1. The van der Waals surface area contributed by atoms with Crippen molar-refractivity contribution in [3.63, 3.8) is 0 Å². The van der Waals surface area contributed by atoms with Gasteiger partial charge in [0.25, 0.3) is 5.91 Å². The predicted octanol–water partition coefficient (Wildman–Crippen LogP) is 2.70. The summed E-state index contributed by atoms with van der Waals surface area (Å²) in [5.41, 5.74) is 9.83. The molecule has 4 nitrogen and oxygen atoms in total. The van der Waals surface area contributed by atoms with Gasteiger partial charge < -0.3 is 5.41 Å². The molecule has 5 heteroatoms. The summed E-state index contributed by atoms with van der Waals surface area (Å²) in [6, 6.07) is 11.9. The third kappa shape index (κ3) is 3.19. The summed E-state index contributed by atoms with van der Waals surface area (Å²) in [7, 11) is 0. The minimum atomic E-state index is -0.266. The lowest BCUT2D eigenvalue weighted by molar-refractivity contribution is 0.0936. The lowest BCUT2D eigenvalue weighted by atomic mass is 9.97. The van der Waals surface area contributed by atoms with E-state index in [1.807, 2.05) is 12.1 Å². The van der Waals surface area contributed by atoms with Crippen molar-refractivity contribution in [2.24, 2.45) is 0 Å². The number of amides is 1. The number of rotatable bonds is 5. The van der Waals surface area contributed by atoms with Gasteiger partial charge in [0.2, 0.25) is 0 Å². The second-order valence-corrected chi connectivity index (χ2v) is 5.24. The second-order valence-electron chi connectivity index (χ2n) is 5.24. The van der Waals surface area contributed by atoms with Crippen molar-refractivity contribution >= 4 is 17.7 Å². The van der Waals surface area contributed by atoms with Crippen molar-refractivity contribution in [1.29, 1.82) is 5.41 Å². The van der Waals surface area contributed by atoms with E-state index in [1.54, 1.807) is 18.2 Å². The maximum Gasteiger partial charge on any atom is 0.265 e. The van der Waals surface area contributed by atoms with Crippen LogP contribution in [0.2, 0.25) is 0 Å². The van der Waals surface area contributed by atoms with Gasteiger partial charge in [-0.25, -0.2) is 9.82 Å². The molecule has 0 bridgehead atoms. The van der Waals surface area contributed by atoms with Crippen molar-refractivity contribution < 1.29 is 9.18 Å². The highest BCUT2D eigenvalue weighted by atomic mass is 19.1. The van der Waals surface area contributed by atoms with Crippen LogP contribution in [0.4, 0.5) is 4.39 Å². The molecule has 0 radical (unpaired) electrons. The Morgan fingerprint density at radius 1 is 1.22 bits per heavy atom. The van der Waals surface area contributed by atoms with E-state index >= 15 is 0 Å². The molecule has 0 saturated carbocycles. The first kappa shape index (κ1) is 15.1. The molecule has 3 N–H and O–H groups in total. The summed E-state index contributed by atoms with van der Waals surface area (Å²) in [4.78, 5) is 12.1. The number of allylic oxidation sites excluding steroid dienone is 1. The monoisotopic (exact) mass is 309 g/mol. The largest absolute Gasteiger partial charge is 0.312 e. The smallest absolute Gasteiger partial charge is 0.265 e. The molecule has 0 heterocycles. The highest BCUT2D eigenvalue weighted by Crippen LogP contribution is 2.33. The summed E-state index contributed by atoms with van der Waals surface area (Å²) < 4.78 is 13.1. The van der Waals surface area contributed by atoms with Crippen LogP contribution in [0.25, 0.3) is 5.57 Å². The van der Waals surface area contributed by atoms with Gasteiger partial charge in [-0.2, -0.15) is 0 Å². The topological polar surface area (TPSA) is 65.0 Å². The molecular formula is C18H16FN3O. The number of halogens is 1. The molecule has 1 aliphatic rings. The number of nitrogens with one attached hydrogen (secondary N) is 3. The fraction of sp³-hybridized carbons (Fsp3) is 0.111. The Hall–Kier alpha value is -2.79. The third-order valence-corrected chi connectivity index (χ3v) is 3.75. The average Bonchev–Trinajstić information content (AvgIpc) is 2.99. The molecule has 1 amide bonds. The van der Waals surface area contributed by atoms with Crippen molar-refractivity contribution in [1.82, 2.24) is 10.9 Å². The van der Waals surface area contributed by atoms with E-state index in [1.165, 1.54) is 18.3 Å². The maximum absolute atomic E-state index is 13.1. The van der Waals surface area contributed by atoms with Crippen LogP contribution in [-0.2, 0) is 6.42 Å². The number of fused-ring (bicyclic) bond motifs is 1. The molecule has 116 valence electrons. The standard InChI is InChI=1S/C18H16FN3O/c19-15-6-3-12(4-7-15)16-8-5-13-1-2-14(11-17(13)16)18(23)22-21-10-9-20/h1-4,6-9,11,20-21H,5,10H2,(H,22,23). The van der Waals surface area contributed by atoms with E-state index in [4.69, 9.17) is 5.41 Å². The molecule has 1 aliphatic carbocycles. The first-order valence-electron chi connectivity index (χ1n) is 7.30. The number of hydrogen-bond acceptors (Lipinski definition) is 3. The number of hydrogen-bond donors (Lipinski definition) is 3. The normalized spacial score (nSPS) is 12.5. The summed E-state index contributed by atoms with van der Waals surface area (Å²) in [5.74, 6) is -0.516. The maximum atomic E-state index is 13.1. The highest BCUT2D eigenvalue weighted by Gasteiger charge is 2.18. The van der Waals surface area contributed by atoms with Gasteiger partial charge in [0.05, 0.1) is 0 Å². The van der Waals surface area contributed by atoms with E-state index in [0.29, 0.717) is 5.56 Å². The molecule has 0 atom stereocenters. The second kappa shape index (κ2) is 6.54. The Morgan fingerprint density at radius 2 is 2.00 bits per heavy atom. The van der Waals surface area contributed by atoms with Gasteiger partial charge in [-0.15, -0.1) is 0 Å². The van der Waals surface area contributed by atoms with E-state index in [2.05, 4.69) is 16.9 Å². The average molecular weight is 309 g/mol. The molecule has 2 aromatic carbocycles. The quantitative estimate of drug-likeness (QED) is 0.452. The van der Waals surface area contributed by atoms with Crippen LogP contribution >= 0.6 is 0 Å². The van der Waals surface area contributed by atoms with Crippen LogP contribution in [0.3, 0.4) is 0 Å². The fourth-order valence-corrected chi connectivity index (χ4v) is 2.63. The lowest BCUT2D eigenvalue weighted by Crippen LogP contribution is -2.38. The van der Waals surface area contributed by atoms with Crippen LogP contribution in [0.15, 0.2) is 48.5 Å². The minimum Gasteiger partial charge on any atom is -0.312 e. The molecular weight excluding hydrogens is 293 g/mol. The van der Waals surface area contributed by atoms with Gasteiger partial charge in [-0.05, 0) is 52.9 Å². The van der Waals surface area contributed by atoms with Gasteiger partial charge in [0.1, 0.15) is 5.82 Å². The minimum absolute atomic E-state index is 0.250. The van der Waals surface area contributed by atoms with Crippen LogP contribution in [0.5, 0.6) is 0 Å². The van der Waals surface area contributed by atoms with Crippen molar-refractivity contribution in [3.8, 4) is 0 Å². The molecule has 23 heavy (non-hydrogen) atoms. The fourth-order valence-electron chi connectivity index (χ4n) is 2.63. The molecule has 0 unspecified atom stereocenters. The molecule has 3 rings (SSSR count). The van der Waals surface area contributed by atoms with Gasteiger partial charge >= 0.3 is 0 Å². The van der Waals surface area contributed by atoms with Crippen molar-refractivity contribution in [3.05, 3.63) is 76.6 Å². The summed E-state index contributed by atoms with van der Waals surface area (Å²) in [6.45, 7) is 0.275. The number of benzene rings is 2. The molecule has 0 aromatic heterocycles. The van der Waals surface area contributed by atoms with Gasteiger partial charge in [0.15, 0.2) is 0 Å². The summed E-state index contributed by atoms with van der Waals surface area (Å²) in [6.07, 6.45) is 4.06. The van der Waals surface area contributed by atoms with Crippen molar-refractivity contribution in [2.45, 2.75) is 6.42 Å². The Kier molecular flexibility index (Phi) is 4.30. The number of carbonyl (C=O) groups is 1. The highest BCUT2D eigenvalue weighted by molar-refractivity contribution is 5.96. The predicted molar refractivity (Wildman–Crippen MR) is 87.9 cm³/mol. The van der Waals surface area contributed by atoms with Gasteiger partial charge in [-0.1, -0.05) is 24.3 Å².